The molecular formula is C15H14BrN3O. The molecule has 0 aliphatic rings. The topological polar surface area (TPSA) is 53.9 Å². The quantitative estimate of drug-likeness (QED) is 0.734. The molecule has 5 heteroatoms. The second kappa shape index (κ2) is 5.54. The molecule has 4 nitrogen and oxygen atoms in total. The molecule has 1 aromatic carbocycles. The second-order valence-corrected chi connectivity index (χ2v) is 5.33. The Morgan fingerprint density at radius 2 is 2.00 bits per heavy atom. The Morgan fingerprint density at radius 3 is 2.60 bits per heavy atom. The van der Waals surface area contributed by atoms with E-state index in [-0.39, 0.29) is 6.04 Å². The largest absolute Gasteiger partial charge is 0.452 e. The van der Waals surface area contributed by atoms with Crippen molar-refractivity contribution in [1.82, 2.24) is 9.97 Å². The number of aromatic nitrogens is 2. The third kappa shape index (κ3) is 2.77. The maximum Gasteiger partial charge on any atom is 0.169 e. The van der Waals surface area contributed by atoms with Gasteiger partial charge < -0.3 is 14.7 Å². The first-order valence-corrected chi connectivity index (χ1v) is 7.12. The fourth-order valence-corrected chi connectivity index (χ4v) is 2.36. The summed E-state index contributed by atoms with van der Waals surface area (Å²) in [5.41, 5.74) is 3.18. The number of imidazole rings is 1. The van der Waals surface area contributed by atoms with Gasteiger partial charge in [0.2, 0.25) is 0 Å². The Labute approximate surface area is 125 Å². The minimum Gasteiger partial charge on any atom is -0.452 e. The Kier molecular flexibility index (Phi) is 3.60. The summed E-state index contributed by atoms with van der Waals surface area (Å²) in [6, 6.07) is 12.2. The summed E-state index contributed by atoms with van der Waals surface area (Å²) in [7, 11) is 0. The van der Waals surface area contributed by atoms with Gasteiger partial charge in [0.15, 0.2) is 4.67 Å². The van der Waals surface area contributed by atoms with E-state index in [9.17, 15) is 0 Å². The molecular weight excluding hydrogens is 318 g/mol. The number of nitrogens with zero attached hydrogens (tertiary/aromatic N) is 1. The lowest BCUT2D eigenvalue weighted by Gasteiger charge is -2.13. The minimum atomic E-state index is 0.110. The predicted octanol–water partition coefficient (Wildman–Crippen LogP) is 4.61. The highest BCUT2D eigenvalue weighted by molar-refractivity contribution is 9.10. The molecule has 3 aromatic rings. The average molecular weight is 332 g/mol. The van der Waals surface area contributed by atoms with Crippen LogP contribution in [0.15, 0.2) is 58.0 Å². The monoisotopic (exact) mass is 331 g/mol. The molecule has 0 radical (unpaired) electrons. The van der Waals surface area contributed by atoms with E-state index in [2.05, 4.69) is 50.3 Å². The fourth-order valence-electron chi connectivity index (χ4n) is 2.04. The fraction of sp³-hybridized carbons (Fsp3) is 0.133. The number of nitrogens with one attached hydrogen (secondary N) is 2. The first-order valence-electron chi connectivity index (χ1n) is 6.33. The van der Waals surface area contributed by atoms with Crippen molar-refractivity contribution >= 4 is 21.6 Å². The van der Waals surface area contributed by atoms with Gasteiger partial charge in [0.25, 0.3) is 0 Å². The molecule has 0 saturated carbocycles. The lowest BCUT2D eigenvalue weighted by molar-refractivity contribution is 0.471. The first-order chi connectivity index (χ1) is 9.72. The highest BCUT2D eigenvalue weighted by Crippen LogP contribution is 2.25. The second-order valence-electron chi connectivity index (χ2n) is 4.55. The van der Waals surface area contributed by atoms with Crippen molar-refractivity contribution in [2.45, 2.75) is 13.0 Å². The van der Waals surface area contributed by atoms with Crippen LogP contribution in [0, 0.1) is 0 Å². The summed E-state index contributed by atoms with van der Waals surface area (Å²) in [6.45, 7) is 2.06. The predicted molar refractivity (Wildman–Crippen MR) is 82.5 cm³/mol. The van der Waals surface area contributed by atoms with E-state index in [1.807, 2.05) is 30.5 Å². The maximum absolute atomic E-state index is 5.54. The number of halogens is 1. The van der Waals surface area contributed by atoms with E-state index in [1.54, 1.807) is 6.33 Å². The lowest BCUT2D eigenvalue weighted by atomic mass is 10.1. The van der Waals surface area contributed by atoms with Gasteiger partial charge in [0.05, 0.1) is 24.3 Å². The van der Waals surface area contributed by atoms with Gasteiger partial charge in [0.1, 0.15) is 5.76 Å². The highest BCUT2D eigenvalue weighted by Gasteiger charge is 2.09. The Bertz CT molecular complexity index is 673. The lowest BCUT2D eigenvalue weighted by Crippen LogP contribution is -2.05. The molecule has 1 unspecified atom stereocenters. The number of hydrogen-bond acceptors (Lipinski definition) is 3. The van der Waals surface area contributed by atoms with Gasteiger partial charge in [-0.05, 0) is 52.7 Å². The van der Waals surface area contributed by atoms with Crippen LogP contribution in [0.3, 0.4) is 0 Å². The molecule has 1 atom stereocenters. The normalized spacial score (nSPS) is 12.3. The minimum absolute atomic E-state index is 0.110. The number of furan rings is 1. The number of hydrogen-bond donors (Lipinski definition) is 2. The van der Waals surface area contributed by atoms with Crippen molar-refractivity contribution < 1.29 is 4.42 Å². The van der Waals surface area contributed by atoms with E-state index < -0.39 is 0 Å². The zero-order valence-electron chi connectivity index (χ0n) is 10.9. The molecule has 20 heavy (non-hydrogen) atoms. The van der Waals surface area contributed by atoms with Crippen molar-refractivity contribution in [3.63, 3.8) is 0 Å². The molecule has 0 amide bonds. The van der Waals surface area contributed by atoms with Crippen LogP contribution in [0.1, 0.15) is 18.7 Å². The summed E-state index contributed by atoms with van der Waals surface area (Å²) in [5, 5.41) is 3.40. The molecule has 102 valence electrons. The Hall–Kier alpha value is -2.01. The van der Waals surface area contributed by atoms with Crippen LogP contribution in [0.5, 0.6) is 0 Å². The summed E-state index contributed by atoms with van der Waals surface area (Å²) >= 11 is 3.31. The van der Waals surface area contributed by atoms with Gasteiger partial charge in [-0.15, -0.1) is 0 Å². The zero-order valence-corrected chi connectivity index (χ0v) is 12.5. The number of aromatic amines is 1. The molecule has 2 heterocycles. The Balaban J connectivity index is 1.72. The summed E-state index contributed by atoms with van der Waals surface area (Å²) in [5.74, 6) is 0.898. The zero-order chi connectivity index (χ0) is 13.9. The van der Waals surface area contributed by atoms with Crippen molar-refractivity contribution in [3.8, 4) is 11.3 Å². The summed E-state index contributed by atoms with van der Waals surface area (Å²) in [6.07, 6.45) is 3.49. The third-order valence-corrected chi connectivity index (χ3v) is 3.52. The smallest absolute Gasteiger partial charge is 0.169 e. The van der Waals surface area contributed by atoms with Crippen molar-refractivity contribution in [2.75, 3.05) is 5.32 Å². The molecule has 0 bridgehead atoms. The van der Waals surface area contributed by atoms with E-state index in [0.29, 0.717) is 0 Å². The van der Waals surface area contributed by atoms with Crippen LogP contribution in [0.25, 0.3) is 11.3 Å². The SMILES string of the molecule is CC(Nc1ccc(-c2cnc[nH]2)cc1)c1ccc(Br)o1. The van der Waals surface area contributed by atoms with Gasteiger partial charge in [0, 0.05) is 5.69 Å². The van der Waals surface area contributed by atoms with Crippen LogP contribution in [-0.2, 0) is 0 Å². The number of rotatable bonds is 4. The summed E-state index contributed by atoms with van der Waals surface area (Å²) in [4.78, 5) is 7.11. The van der Waals surface area contributed by atoms with Crippen molar-refractivity contribution in [1.29, 1.82) is 0 Å². The van der Waals surface area contributed by atoms with Gasteiger partial charge in [-0.1, -0.05) is 12.1 Å². The van der Waals surface area contributed by atoms with Crippen molar-refractivity contribution in [3.05, 3.63) is 59.4 Å². The number of benzene rings is 1. The maximum atomic E-state index is 5.54. The molecule has 2 aromatic heterocycles. The molecule has 3 rings (SSSR count). The van der Waals surface area contributed by atoms with Crippen LogP contribution in [0.2, 0.25) is 0 Å². The highest BCUT2D eigenvalue weighted by atomic mass is 79.9. The Morgan fingerprint density at radius 1 is 1.20 bits per heavy atom. The molecule has 2 N–H and O–H groups in total. The van der Waals surface area contributed by atoms with Crippen LogP contribution >= 0.6 is 15.9 Å². The molecule has 0 fully saturated rings. The van der Waals surface area contributed by atoms with E-state index in [1.165, 1.54) is 0 Å². The van der Waals surface area contributed by atoms with E-state index in [0.717, 1.165) is 27.4 Å². The van der Waals surface area contributed by atoms with Gasteiger partial charge in [-0.3, -0.25) is 0 Å². The summed E-state index contributed by atoms with van der Waals surface area (Å²) < 4.78 is 6.29. The molecule has 0 saturated heterocycles. The van der Waals surface area contributed by atoms with Crippen molar-refractivity contribution in [2.24, 2.45) is 0 Å². The molecule has 0 aliphatic heterocycles. The van der Waals surface area contributed by atoms with E-state index in [4.69, 9.17) is 4.42 Å². The third-order valence-electron chi connectivity index (χ3n) is 3.10. The van der Waals surface area contributed by atoms with Crippen LogP contribution in [-0.4, -0.2) is 9.97 Å². The van der Waals surface area contributed by atoms with Gasteiger partial charge in [-0.25, -0.2) is 4.98 Å². The number of anilines is 1. The average Bonchev–Trinajstić information content (AvgIpc) is 3.10. The molecule has 0 spiro atoms. The van der Waals surface area contributed by atoms with Gasteiger partial charge >= 0.3 is 0 Å². The van der Waals surface area contributed by atoms with Crippen LogP contribution in [0.4, 0.5) is 5.69 Å². The van der Waals surface area contributed by atoms with Gasteiger partial charge in [-0.2, -0.15) is 0 Å². The van der Waals surface area contributed by atoms with Crippen LogP contribution < -0.4 is 5.32 Å². The first kappa shape index (κ1) is 13.0. The number of H-pyrrole nitrogens is 1. The standard InChI is InChI=1S/C15H14BrN3O/c1-10(14-6-7-15(16)20-14)19-12-4-2-11(3-5-12)13-8-17-9-18-13/h2-10,19H,1H3,(H,17,18). The molecule has 0 aliphatic carbocycles. The van der Waals surface area contributed by atoms with E-state index >= 15 is 0 Å².